The molecule has 0 aliphatic heterocycles. The highest BCUT2D eigenvalue weighted by Gasteiger charge is 2.11. The Morgan fingerprint density at radius 1 is 1.50 bits per heavy atom. The van der Waals surface area contributed by atoms with Crippen molar-refractivity contribution in [1.29, 1.82) is 0 Å². The van der Waals surface area contributed by atoms with Crippen molar-refractivity contribution >= 4 is 22.8 Å². The van der Waals surface area contributed by atoms with Crippen LogP contribution in [0.1, 0.15) is 13.8 Å². The first-order valence-corrected chi connectivity index (χ1v) is 5.76. The molecule has 2 aromatic heterocycles. The van der Waals surface area contributed by atoms with E-state index >= 15 is 0 Å². The first-order chi connectivity index (χ1) is 8.74. The van der Waals surface area contributed by atoms with Crippen molar-refractivity contribution in [2.75, 3.05) is 24.0 Å². The second-order valence-electron chi connectivity index (χ2n) is 3.88. The van der Waals surface area contributed by atoms with Crippen molar-refractivity contribution in [2.45, 2.75) is 19.9 Å². The highest BCUT2D eigenvalue weighted by atomic mass is 16.5. The van der Waals surface area contributed by atoms with Gasteiger partial charge in [-0.25, -0.2) is 5.84 Å². The van der Waals surface area contributed by atoms with Gasteiger partial charge in [-0.2, -0.15) is 15.1 Å². The van der Waals surface area contributed by atoms with Gasteiger partial charge in [0.05, 0.1) is 18.2 Å². The average molecular weight is 251 g/mol. The van der Waals surface area contributed by atoms with Gasteiger partial charge >= 0.3 is 0 Å². The van der Waals surface area contributed by atoms with Crippen LogP contribution in [0.5, 0.6) is 0 Å². The Kier molecular flexibility index (Phi) is 3.90. The Bertz CT molecular complexity index is 512. The number of rotatable bonds is 6. The van der Waals surface area contributed by atoms with E-state index in [-0.39, 0.29) is 6.04 Å². The topological polar surface area (TPSA) is 114 Å². The summed E-state index contributed by atoms with van der Waals surface area (Å²) >= 11 is 0. The monoisotopic (exact) mass is 251 g/mol. The van der Waals surface area contributed by atoms with Crippen LogP contribution in [0, 0.1) is 0 Å². The number of nitrogens with two attached hydrogens (primary N) is 1. The molecule has 0 saturated carbocycles. The standard InChI is InChI=1S/C10H17N7O/c1-3-18-5-6(2)13-8-7-4-12-17-9(7)15-10(14-8)16-11/h4,6H,3,5,11H2,1-2H3,(H3,12,13,14,15,16,17). The molecule has 0 amide bonds. The van der Waals surface area contributed by atoms with Gasteiger partial charge in [-0.15, -0.1) is 0 Å². The third-order valence-corrected chi connectivity index (χ3v) is 2.39. The fourth-order valence-corrected chi connectivity index (χ4v) is 1.58. The second kappa shape index (κ2) is 5.61. The highest BCUT2D eigenvalue weighted by Crippen LogP contribution is 2.20. The second-order valence-corrected chi connectivity index (χ2v) is 3.88. The van der Waals surface area contributed by atoms with Crippen molar-refractivity contribution in [1.82, 2.24) is 20.2 Å². The van der Waals surface area contributed by atoms with E-state index in [1.807, 2.05) is 13.8 Å². The molecule has 0 spiro atoms. The molecule has 8 nitrogen and oxygen atoms in total. The van der Waals surface area contributed by atoms with E-state index in [0.717, 1.165) is 5.39 Å². The summed E-state index contributed by atoms with van der Waals surface area (Å²) in [5.74, 6) is 6.33. The van der Waals surface area contributed by atoms with E-state index in [1.54, 1.807) is 6.20 Å². The molecular weight excluding hydrogens is 234 g/mol. The molecule has 1 atom stereocenters. The highest BCUT2D eigenvalue weighted by molar-refractivity contribution is 5.87. The smallest absolute Gasteiger partial charge is 0.241 e. The van der Waals surface area contributed by atoms with Crippen LogP contribution in [-0.4, -0.2) is 39.4 Å². The number of anilines is 2. The zero-order valence-corrected chi connectivity index (χ0v) is 10.4. The molecule has 0 aliphatic rings. The quantitative estimate of drug-likeness (QED) is 0.436. The summed E-state index contributed by atoms with van der Waals surface area (Å²) in [6.07, 6.45) is 1.67. The number of aromatic amines is 1. The van der Waals surface area contributed by atoms with Gasteiger partial charge in [0, 0.05) is 12.6 Å². The molecule has 0 bridgehead atoms. The fourth-order valence-electron chi connectivity index (χ4n) is 1.58. The molecule has 0 fully saturated rings. The number of hydrazine groups is 1. The maximum atomic E-state index is 5.35. The average Bonchev–Trinajstić information content (AvgIpc) is 2.84. The molecule has 2 heterocycles. The lowest BCUT2D eigenvalue weighted by atomic mass is 10.3. The minimum absolute atomic E-state index is 0.128. The Hall–Kier alpha value is -1.93. The Balaban J connectivity index is 2.22. The number of nitrogens with one attached hydrogen (secondary N) is 3. The van der Waals surface area contributed by atoms with E-state index in [2.05, 4.69) is 30.9 Å². The lowest BCUT2D eigenvalue weighted by molar-refractivity contribution is 0.141. The minimum Gasteiger partial charge on any atom is -0.380 e. The van der Waals surface area contributed by atoms with Crippen molar-refractivity contribution in [3.05, 3.63) is 6.20 Å². The molecule has 1 unspecified atom stereocenters. The fraction of sp³-hybridized carbons (Fsp3) is 0.500. The molecule has 0 saturated heterocycles. The summed E-state index contributed by atoms with van der Waals surface area (Å²) in [6.45, 7) is 5.26. The van der Waals surface area contributed by atoms with Crippen LogP contribution in [0.3, 0.4) is 0 Å². The van der Waals surface area contributed by atoms with Crippen molar-refractivity contribution in [3.8, 4) is 0 Å². The number of hydrogen-bond donors (Lipinski definition) is 4. The predicted octanol–water partition coefficient (Wildman–Crippen LogP) is 0.475. The van der Waals surface area contributed by atoms with E-state index in [9.17, 15) is 0 Å². The zero-order chi connectivity index (χ0) is 13.0. The first kappa shape index (κ1) is 12.5. The summed E-state index contributed by atoms with van der Waals surface area (Å²) < 4.78 is 5.35. The molecular formula is C10H17N7O. The van der Waals surface area contributed by atoms with Crippen LogP contribution in [-0.2, 0) is 4.74 Å². The molecule has 0 radical (unpaired) electrons. The summed E-state index contributed by atoms with van der Waals surface area (Å²) in [5.41, 5.74) is 3.05. The van der Waals surface area contributed by atoms with Gasteiger partial charge in [0.25, 0.3) is 0 Å². The van der Waals surface area contributed by atoms with Crippen molar-refractivity contribution in [2.24, 2.45) is 5.84 Å². The van der Waals surface area contributed by atoms with Crippen molar-refractivity contribution < 1.29 is 4.74 Å². The largest absolute Gasteiger partial charge is 0.380 e. The predicted molar refractivity (Wildman–Crippen MR) is 69.1 cm³/mol. The van der Waals surface area contributed by atoms with Gasteiger partial charge in [-0.3, -0.25) is 10.5 Å². The third-order valence-electron chi connectivity index (χ3n) is 2.39. The van der Waals surface area contributed by atoms with Crippen LogP contribution >= 0.6 is 0 Å². The van der Waals surface area contributed by atoms with E-state index in [4.69, 9.17) is 10.6 Å². The van der Waals surface area contributed by atoms with Crippen LogP contribution in [0.4, 0.5) is 11.8 Å². The number of nitrogens with zero attached hydrogens (tertiary/aromatic N) is 3. The number of fused-ring (bicyclic) bond motifs is 1. The lowest BCUT2D eigenvalue weighted by Crippen LogP contribution is -2.23. The summed E-state index contributed by atoms with van der Waals surface area (Å²) in [7, 11) is 0. The maximum absolute atomic E-state index is 5.35. The number of hydrogen-bond acceptors (Lipinski definition) is 7. The number of aromatic nitrogens is 4. The molecule has 98 valence electrons. The van der Waals surface area contributed by atoms with E-state index < -0.39 is 0 Å². The number of nitrogen functional groups attached to an aromatic ring is 1. The molecule has 8 heteroatoms. The lowest BCUT2D eigenvalue weighted by Gasteiger charge is -2.15. The summed E-state index contributed by atoms with van der Waals surface area (Å²) in [6, 6.07) is 0.128. The van der Waals surface area contributed by atoms with Gasteiger partial charge in [-0.05, 0) is 13.8 Å². The molecule has 2 rings (SSSR count). The van der Waals surface area contributed by atoms with Gasteiger partial charge in [0.1, 0.15) is 5.82 Å². The normalized spacial score (nSPS) is 12.6. The SMILES string of the molecule is CCOCC(C)Nc1nc(NN)nc2[nH]ncc12. The van der Waals surface area contributed by atoms with Gasteiger partial charge in [0.15, 0.2) is 5.65 Å². The molecule has 0 aromatic carbocycles. The Morgan fingerprint density at radius 3 is 3.06 bits per heavy atom. The first-order valence-electron chi connectivity index (χ1n) is 5.76. The van der Waals surface area contributed by atoms with E-state index in [0.29, 0.717) is 30.6 Å². The Morgan fingerprint density at radius 2 is 2.33 bits per heavy atom. The molecule has 5 N–H and O–H groups in total. The van der Waals surface area contributed by atoms with Crippen LogP contribution in [0.2, 0.25) is 0 Å². The number of H-pyrrole nitrogens is 1. The molecule has 18 heavy (non-hydrogen) atoms. The zero-order valence-electron chi connectivity index (χ0n) is 10.4. The Labute approximate surface area is 104 Å². The minimum atomic E-state index is 0.128. The van der Waals surface area contributed by atoms with Gasteiger partial charge in [-0.1, -0.05) is 0 Å². The van der Waals surface area contributed by atoms with Crippen molar-refractivity contribution in [3.63, 3.8) is 0 Å². The van der Waals surface area contributed by atoms with E-state index in [1.165, 1.54) is 0 Å². The maximum Gasteiger partial charge on any atom is 0.241 e. The summed E-state index contributed by atoms with van der Waals surface area (Å²) in [5, 5.41) is 10.8. The van der Waals surface area contributed by atoms with Gasteiger partial charge < -0.3 is 10.1 Å². The molecule has 0 aliphatic carbocycles. The molecule has 2 aromatic rings. The van der Waals surface area contributed by atoms with Gasteiger partial charge in [0.2, 0.25) is 5.95 Å². The van der Waals surface area contributed by atoms with Crippen LogP contribution in [0.15, 0.2) is 6.20 Å². The summed E-state index contributed by atoms with van der Waals surface area (Å²) in [4.78, 5) is 8.41. The van der Waals surface area contributed by atoms with Crippen LogP contribution < -0.4 is 16.6 Å². The third kappa shape index (κ3) is 2.66. The van der Waals surface area contributed by atoms with Crippen LogP contribution in [0.25, 0.3) is 11.0 Å². The number of ether oxygens (including phenoxy) is 1.